The van der Waals surface area contributed by atoms with Crippen molar-refractivity contribution >= 4 is 73.9 Å². The topological polar surface area (TPSA) is 86.8 Å². The van der Waals surface area contributed by atoms with E-state index < -0.39 is 34.4 Å². The average molecular weight is 722 g/mol. The minimum atomic E-state index is -4.36. The van der Waals surface area contributed by atoms with E-state index in [4.69, 9.17) is 46.4 Å². The molecule has 0 unspecified atom stereocenters. The fraction of sp³-hybridized carbons (Fsp3) is 0.235. The van der Waals surface area contributed by atoms with E-state index >= 15 is 0 Å². The number of carbonyl (C=O) groups is 2. The number of halogens is 4. The molecule has 12 heteroatoms. The summed E-state index contributed by atoms with van der Waals surface area (Å²) in [6.45, 7) is 3.26. The fourth-order valence-electron chi connectivity index (χ4n) is 4.80. The predicted octanol–water partition coefficient (Wildman–Crippen LogP) is 7.97. The van der Waals surface area contributed by atoms with Crippen LogP contribution in [-0.4, -0.2) is 44.3 Å². The van der Waals surface area contributed by atoms with Crippen molar-refractivity contribution in [2.75, 3.05) is 17.4 Å². The Labute approximate surface area is 290 Å². The van der Waals surface area contributed by atoms with Crippen molar-refractivity contribution in [1.82, 2.24) is 10.2 Å². The Balaban J connectivity index is 1.86. The Morgan fingerprint density at radius 1 is 0.826 bits per heavy atom. The van der Waals surface area contributed by atoms with Crippen LogP contribution < -0.4 is 9.62 Å². The SMILES string of the molecule is CCCNC(=O)[C@@H](Cc1ccccc1)N(Cc1c(Cl)cccc1Cl)C(=O)CN(c1cc(Cl)ccc1Cl)S(=O)(=O)c1ccc(C)cc1. The Morgan fingerprint density at radius 3 is 2.11 bits per heavy atom. The van der Waals surface area contributed by atoms with Gasteiger partial charge in [0.25, 0.3) is 10.0 Å². The summed E-state index contributed by atoms with van der Waals surface area (Å²) < 4.78 is 29.3. The number of nitrogens with zero attached hydrogens (tertiary/aromatic N) is 2. The molecule has 0 aliphatic rings. The number of sulfonamides is 1. The highest BCUT2D eigenvalue weighted by Gasteiger charge is 2.36. The fourth-order valence-corrected chi connectivity index (χ4v) is 7.18. The molecule has 0 spiro atoms. The number of hydrogen-bond donors (Lipinski definition) is 1. The number of amides is 2. The first-order valence-electron chi connectivity index (χ1n) is 14.5. The summed E-state index contributed by atoms with van der Waals surface area (Å²) in [5.74, 6) is -1.09. The molecule has 0 aliphatic heterocycles. The molecule has 46 heavy (non-hydrogen) atoms. The molecule has 2 amide bonds. The highest BCUT2D eigenvalue weighted by Crippen LogP contribution is 2.34. The largest absolute Gasteiger partial charge is 0.354 e. The third-order valence-corrected chi connectivity index (χ3v) is 10.3. The highest BCUT2D eigenvalue weighted by molar-refractivity contribution is 7.92. The van der Waals surface area contributed by atoms with E-state index in [0.717, 1.165) is 15.4 Å². The van der Waals surface area contributed by atoms with Crippen LogP contribution >= 0.6 is 46.4 Å². The Bertz CT molecular complexity index is 1770. The van der Waals surface area contributed by atoms with Crippen LogP contribution in [0.5, 0.6) is 0 Å². The van der Waals surface area contributed by atoms with Crippen LogP contribution in [-0.2, 0) is 32.6 Å². The number of hydrogen-bond acceptors (Lipinski definition) is 4. The van der Waals surface area contributed by atoms with Gasteiger partial charge in [-0.25, -0.2) is 8.42 Å². The van der Waals surface area contributed by atoms with Gasteiger partial charge in [-0.3, -0.25) is 13.9 Å². The third kappa shape index (κ3) is 8.75. The quantitative estimate of drug-likeness (QED) is 0.152. The van der Waals surface area contributed by atoms with Crippen molar-refractivity contribution in [2.45, 2.75) is 44.2 Å². The highest BCUT2D eigenvalue weighted by atomic mass is 35.5. The molecule has 0 saturated heterocycles. The molecule has 1 atom stereocenters. The lowest BCUT2D eigenvalue weighted by atomic mass is 10.0. The molecule has 4 aromatic carbocycles. The Kier molecular flexibility index (Phi) is 12.4. The molecule has 0 saturated carbocycles. The molecule has 242 valence electrons. The van der Waals surface area contributed by atoms with E-state index in [1.165, 1.54) is 35.2 Å². The lowest BCUT2D eigenvalue weighted by Gasteiger charge is -2.34. The maximum atomic E-state index is 14.6. The van der Waals surface area contributed by atoms with Crippen LogP contribution in [0, 0.1) is 6.92 Å². The molecule has 0 radical (unpaired) electrons. The first-order valence-corrected chi connectivity index (χ1v) is 17.5. The monoisotopic (exact) mass is 719 g/mol. The minimum absolute atomic E-state index is 0.00821. The molecule has 0 aromatic heterocycles. The van der Waals surface area contributed by atoms with E-state index in [0.29, 0.717) is 28.6 Å². The number of anilines is 1. The van der Waals surface area contributed by atoms with Gasteiger partial charge >= 0.3 is 0 Å². The predicted molar refractivity (Wildman–Crippen MR) is 186 cm³/mol. The van der Waals surface area contributed by atoms with Crippen molar-refractivity contribution in [3.05, 3.63) is 128 Å². The number of aryl methyl sites for hydroxylation is 1. The second-order valence-corrected chi connectivity index (χ2v) is 14.2. The van der Waals surface area contributed by atoms with E-state index in [-0.39, 0.29) is 33.6 Å². The zero-order valence-electron chi connectivity index (χ0n) is 25.2. The van der Waals surface area contributed by atoms with Gasteiger partial charge in [0, 0.05) is 40.1 Å². The van der Waals surface area contributed by atoms with Crippen molar-refractivity contribution in [3.8, 4) is 0 Å². The van der Waals surface area contributed by atoms with Crippen molar-refractivity contribution < 1.29 is 18.0 Å². The van der Waals surface area contributed by atoms with Crippen molar-refractivity contribution in [2.24, 2.45) is 0 Å². The molecular formula is C34H33Cl4N3O4S. The summed E-state index contributed by atoms with van der Waals surface area (Å²) in [7, 11) is -4.36. The molecule has 0 heterocycles. The number of nitrogens with one attached hydrogen (secondary N) is 1. The summed E-state index contributed by atoms with van der Waals surface area (Å²) in [6, 6.07) is 23.7. The lowest BCUT2D eigenvalue weighted by Crippen LogP contribution is -2.53. The summed E-state index contributed by atoms with van der Waals surface area (Å²) in [6.07, 6.45) is 0.816. The maximum absolute atomic E-state index is 14.6. The molecular weight excluding hydrogens is 688 g/mol. The average Bonchev–Trinajstić information content (AvgIpc) is 3.03. The van der Waals surface area contributed by atoms with Gasteiger partial charge in [-0.05, 0) is 61.4 Å². The summed E-state index contributed by atoms with van der Waals surface area (Å²) in [5.41, 5.74) is 2.07. The van der Waals surface area contributed by atoms with Crippen LogP contribution in [0.2, 0.25) is 20.1 Å². The van der Waals surface area contributed by atoms with Gasteiger partial charge in [-0.2, -0.15) is 0 Å². The number of benzene rings is 4. The second kappa shape index (κ2) is 16.0. The third-order valence-electron chi connectivity index (χ3n) is 7.28. The molecule has 1 N–H and O–H groups in total. The Morgan fingerprint density at radius 2 is 1.48 bits per heavy atom. The van der Waals surface area contributed by atoms with E-state index in [1.807, 2.05) is 44.2 Å². The van der Waals surface area contributed by atoms with Gasteiger partial charge < -0.3 is 10.2 Å². The van der Waals surface area contributed by atoms with Gasteiger partial charge in [0.15, 0.2) is 0 Å². The minimum Gasteiger partial charge on any atom is -0.354 e. The molecule has 7 nitrogen and oxygen atoms in total. The van der Waals surface area contributed by atoms with E-state index in [1.54, 1.807) is 30.3 Å². The zero-order chi connectivity index (χ0) is 33.4. The number of rotatable bonds is 13. The van der Waals surface area contributed by atoms with Crippen LogP contribution in [0.3, 0.4) is 0 Å². The molecule has 4 rings (SSSR count). The Hall–Kier alpha value is -3.27. The van der Waals surface area contributed by atoms with Gasteiger partial charge in [0.1, 0.15) is 12.6 Å². The first-order chi connectivity index (χ1) is 21.9. The summed E-state index contributed by atoms with van der Waals surface area (Å²) >= 11 is 25.9. The normalized spacial score (nSPS) is 12.0. The molecule has 0 aliphatic carbocycles. The van der Waals surface area contributed by atoms with Gasteiger partial charge in [0.2, 0.25) is 11.8 Å². The van der Waals surface area contributed by atoms with Gasteiger partial charge in [-0.1, -0.05) is 107 Å². The van der Waals surface area contributed by atoms with Crippen molar-refractivity contribution in [3.63, 3.8) is 0 Å². The van der Waals surface area contributed by atoms with E-state index in [2.05, 4.69) is 5.32 Å². The summed E-state index contributed by atoms with van der Waals surface area (Å²) in [5, 5.41) is 3.76. The second-order valence-electron chi connectivity index (χ2n) is 10.6. The maximum Gasteiger partial charge on any atom is 0.264 e. The van der Waals surface area contributed by atoms with Crippen LogP contribution in [0.4, 0.5) is 5.69 Å². The van der Waals surface area contributed by atoms with E-state index in [9.17, 15) is 18.0 Å². The van der Waals surface area contributed by atoms with Crippen molar-refractivity contribution in [1.29, 1.82) is 0 Å². The lowest BCUT2D eigenvalue weighted by molar-refractivity contribution is -0.140. The van der Waals surface area contributed by atoms with Crippen LogP contribution in [0.15, 0.2) is 95.9 Å². The van der Waals surface area contributed by atoms with Gasteiger partial charge in [0.05, 0.1) is 15.6 Å². The molecule has 4 aromatic rings. The van der Waals surface area contributed by atoms with Gasteiger partial charge in [-0.15, -0.1) is 0 Å². The summed E-state index contributed by atoms with van der Waals surface area (Å²) in [4.78, 5) is 29.6. The van der Waals surface area contributed by atoms with Crippen LogP contribution in [0.1, 0.15) is 30.0 Å². The zero-order valence-corrected chi connectivity index (χ0v) is 29.1. The molecule has 0 bridgehead atoms. The first kappa shape index (κ1) is 35.6. The molecule has 0 fully saturated rings. The number of carbonyl (C=O) groups excluding carboxylic acids is 2. The van der Waals surface area contributed by atoms with Crippen LogP contribution in [0.25, 0.3) is 0 Å². The standard InChI is InChI=1S/C34H33Cl4N3O4S/c1-3-18-39-34(43)32(19-24-8-5-4-6-9-24)40(21-27-28(36)10-7-11-29(27)37)33(42)22-41(31-20-25(35)14-17-30(31)38)46(44,45)26-15-12-23(2)13-16-26/h4-17,20,32H,3,18-19,21-22H2,1-2H3,(H,39,43)/t32-/m1/s1. The smallest absolute Gasteiger partial charge is 0.264 e.